The summed E-state index contributed by atoms with van der Waals surface area (Å²) in [6, 6.07) is 0. The van der Waals surface area contributed by atoms with Crippen molar-refractivity contribution < 1.29 is 0 Å². The fourth-order valence-corrected chi connectivity index (χ4v) is 2.36. The number of hydrogen-bond acceptors (Lipinski definition) is 2. The van der Waals surface area contributed by atoms with Crippen molar-refractivity contribution in [3.63, 3.8) is 0 Å². The van der Waals surface area contributed by atoms with Crippen LogP contribution in [0.15, 0.2) is 0 Å². The van der Waals surface area contributed by atoms with Crippen LogP contribution in [0.4, 0.5) is 0 Å². The standard InChI is InChI=1S/C14H30N2/c1-3-5-11-16(12-6-4-2)13-10-14(15)8-7-9-14/h3-13,15H2,1-2H3. The summed E-state index contributed by atoms with van der Waals surface area (Å²) in [7, 11) is 0. The molecule has 2 heteroatoms. The van der Waals surface area contributed by atoms with Crippen LogP contribution in [0.2, 0.25) is 0 Å². The Kier molecular flexibility index (Phi) is 6.37. The van der Waals surface area contributed by atoms with Crippen molar-refractivity contribution in [3.05, 3.63) is 0 Å². The summed E-state index contributed by atoms with van der Waals surface area (Å²) in [5.41, 5.74) is 6.49. The summed E-state index contributed by atoms with van der Waals surface area (Å²) in [5, 5.41) is 0. The highest BCUT2D eigenvalue weighted by atomic mass is 15.1. The minimum absolute atomic E-state index is 0.205. The zero-order valence-electron chi connectivity index (χ0n) is 11.3. The molecule has 0 aromatic rings. The van der Waals surface area contributed by atoms with Gasteiger partial charge in [0, 0.05) is 5.54 Å². The highest BCUT2D eigenvalue weighted by molar-refractivity contribution is 4.92. The van der Waals surface area contributed by atoms with E-state index in [1.165, 1.54) is 71.0 Å². The van der Waals surface area contributed by atoms with Gasteiger partial charge in [-0.25, -0.2) is 0 Å². The fraction of sp³-hybridized carbons (Fsp3) is 1.00. The van der Waals surface area contributed by atoms with E-state index < -0.39 is 0 Å². The van der Waals surface area contributed by atoms with E-state index in [4.69, 9.17) is 5.73 Å². The van der Waals surface area contributed by atoms with E-state index in [9.17, 15) is 0 Å². The van der Waals surface area contributed by atoms with Crippen LogP contribution in [0.5, 0.6) is 0 Å². The average Bonchev–Trinajstić information content (AvgIpc) is 2.25. The lowest BCUT2D eigenvalue weighted by Gasteiger charge is -2.39. The van der Waals surface area contributed by atoms with Gasteiger partial charge in [-0.1, -0.05) is 26.7 Å². The Morgan fingerprint density at radius 1 is 1.00 bits per heavy atom. The molecule has 1 saturated carbocycles. The first-order valence-electron chi connectivity index (χ1n) is 7.21. The number of unbranched alkanes of at least 4 members (excludes halogenated alkanes) is 2. The summed E-state index contributed by atoms with van der Waals surface area (Å²) in [6.07, 6.45) is 10.3. The van der Waals surface area contributed by atoms with Gasteiger partial charge >= 0.3 is 0 Å². The van der Waals surface area contributed by atoms with E-state index in [0.717, 1.165) is 0 Å². The Hall–Kier alpha value is -0.0800. The summed E-state index contributed by atoms with van der Waals surface area (Å²) < 4.78 is 0. The van der Waals surface area contributed by atoms with Crippen molar-refractivity contribution in [3.8, 4) is 0 Å². The van der Waals surface area contributed by atoms with E-state index in [1.54, 1.807) is 0 Å². The van der Waals surface area contributed by atoms with Crippen LogP contribution >= 0.6 is 0 Å². The first-order valence-corrected chi connectivity index (χ1v) is 7.21. The maximum atomic E-state index is 6.28. The van der Waals surface area contributed by atoms with E-state index in [0.29, 0.717) is 0 Å². The predicted molar refractivity (Wildman–Crippen MR) is 71.6 cm³/mol. The van der Waals surface area contributed by atoms with Crippen LogP contribution in [0.1, 0.15) is 65.2 Å². The molecule has 16 heavy (non-hydrogen) atoms. The van der Waals surface area contributed by atoms with Crippen molar-refractivity contribution >= 4 is 0 Å². The number of hydrogen-bond donors (Lipinski definition) is 1. The van der Waals surface area contributed by atoms with Crippen LogP contribution in [0.3, 0.4) is 0 Å². The van der Waals surface area contributed by atoms with Gasteiger partial charge in [-0.15, -0.1) is 0 Å². The topological polar surface area (TPSA) is 29.3 Å². The predicted octanol–water partition coefficient (Wildman–Crippen LogP) is 3.16. The van der Waals surface area contributed by atoms with Crippen molar-refractivity contribution in [2.24, 2.45) is 5.73 Å². The molecule has 0 aliphatic heterocycles. The molecule has 0 bridgehead atoms. The SMILES string of the molecule is CCCCN(CCCC)CCC1(N)CCC1. The third kappa shape index (κ3) is 4.84. The summed E-state index contributed by atoms with van der Waals surface area (Å²) in [6.45, 7) is 8.30. The lowest BCUT2D eigenvalue weighted by Crippen LogP contribution is -2.48. The lowest BCUT2D eigenvalue weighted by atomic mass is 9.75. The van der Waals surface area contributed by atoms with Gasteiger partial charge in [0.05, 0.1) is 0 Å². The Labute approximate surface area is 102 Å². The maximum absolute atomic E-state index is 6.28. The van der Waals surface area contributed by atoms with Crippen molar-refractivity contribution in [2.75, 3.05) is 19.6 Å². The largest absolute Gasteiger partial charge is 0.325 e. The zero-order chi connectivity index (χ0) is 11.9. The molecule has 1 rings (SSSR count). The van der Waals surface area contributed by atoms with Crippen molar-refractivity contribution in [1.82, 2.24) is 4.90 Å². The minimum atomic E-state index is 0.205. The lowest BCUT2D eigenvalue weighted by molar-refractivity contribution is 0.178. The molecule has 0 spiro atoms. The van der Waals surface area contributed by atoms with E-state index >= 15 is 0 Å². The zero-order valence-corrected chi connectivity index (χ0v) is 11.3. The smallest absolute Gasteiger partial charge is 0.0166 e. The third-order valence-corrected chi connectivity index (χ3v) is 3.93. The van der Waals surface area contributed by atoms with Crippen LogP contribution in [-0.4, -0.2) is 30.1 Å². The Bertz CT molecular complexity index is 168. The van der Waals surface area contributed by atoms with Gasteiger partial charge in [-0.05, 0) is 58.2 Å². The molecule has 0 unspecified atom stereocenters. The normalized spacial score (nSPS) is 18.8. The molecule has 1 aliphatic carbocycles. The van der Waals surface area contributed by atoms with Crippen LogP contribution < -0.4 is 5.73 Å². The molecule has 0 heterocycles. The maximum Gasteiger partial charge on any atom is 0.0166 e. The van der Waals surface area contributed by atoms with Gasteiger partial charge in [0.2, 0.25) is 0 Å². The molecular weight excluding hydrogens is 196 g/mol. The molecule has 0 amide bonds. The van der Waals surface area contributed by atoms with Crippen LogP contribution in [0, 0.1) is 0 Å². The Morgan fingerprint density at radius 2 is 1.56 bits per heavy atom. The highest BCUT2D eigenvalue weighted by Gasteiger charge is 2.32. The molecule has 1 fully saturated rings. The molecule has 0 atom stereocenters. The first-order chi connectivity index (χ1) is 7.70. The van der Waals surface area contributed by atoms with Crippen LogP contribution in [-0.2, 0) is 0 Å². The summed E-state index contributed by atoms with van der Waals surface area (Å²) >= 11 is 0. The molecular formula is C14H30N2. The number of rotatable bonds is 9. The quantitative estimate of drug-likeness (QED) is 0.654. The van der Waals surface area contributed by atoms with Gasteiger partial charge in [0.15, 0.2) is 0 Å². The summed E-state index contributed by atoms with van der Waals surface area (Å²) in [4.78, 5) is 2.62. The average molecular weight is 226 g/mol. The van der Waals surface area contributed by atoms with Gasteiger partial charge < -0.3 is 10.6 Å². The van der Waals surface area contributed by atoms with Gasteiger partial charge in [0.25, 0.3) is 0 Å². The molecule has 0 aromatic heterocycles. The summed E-state index contributed by atoms with van der Waals surface area (Å²) in [5.74, 6) is 0. The molecule has 2 nitrogen and oxygen atoms in total. The monoisotopic (exact) mass is 226 g/mol. The number of nitrogens with two attached hydrogens (primary N) is 1. The third-order valence-electron chi connectivity index (χ3n) is 3.93. The molecule has 0 saturated heterocycles. The van der Waals surface area contributed by atoms with E-state index in [1.807, 2.05) is 0 Å². The van der Waals surface area contributed by atoms with Gasteiger partial charge in [0.1, 0.15) is 0 Å². The first kappa shape index (κ1) is 14.0. The Morgan fingerprint density at radius 3 is 1.94 bits per heavy atom. The van der Waals surface area contributed by atoms with Gasteiger partial charge in [-0.2, -0.15) is 0 Å². The minimum Gasteiger partial charge on any atom is -0.325 e. The fourth-order valence-electron chi connectivity index (χ4n) is 2.36. The van der Waals surface area contributed by atoms with Crippen LogP contribution in [0.25, 0.3) is 0 Å². The second-order valence-corrected chi connectivity index (χ2v) is 5.51. The molecule has 96 valence electrons. The van der Waals surface area contributed by atoms with E-state index in [2.05, 4.69) is 18.7 Å². The number of nitrogens with zero attached hydrogens (tertiary/aromatic N) is 1. The molecule has 0 radical (unpaired) electrons. The Balaban J connectivity index is 2.19. The van der Waals surface area contributed by atoms with Crippen molar-refractivity contribution in [2.45, 2.75) is 70.8 Å². The second-order valence-electron chi connectivity index (χ2n) is 5.51. The second kappa shape index (κ2) is 7.29. The van der Waals surface area contributed by atoms with E-state index in [-0.39, 0.29) is 5.54 Å². The molecule has 2 N–H and O–H groups in total. The molecule has 1 aliphatic rings. The van der Waals surface area contributed by atoms with Crippen molar-refractivity contribution in [1.29, 1.82) is 0 Å². The highest BCUT2D eigenvalue weighted by Crippen LogP contribution is 2.32. The molecule has 0 aromatic carbocycles. The van der Waals surface area contributed by atoms with Gasteiger partial charge in [-0.3, -0.25) is 0 Å².